The van der Waals surface area contributed by atoms with Crippen LogP contribution in [0.4, 0.5) is 0 Å². The first-order chi connectivity index (χ1) is 16.4. The minimum Gasteiger partial charge on any atom is -0.497 e. The first-order valence-electron chi connectivity index (χ1n) is 12.3. The monoisotopic (exact) mass is 466 g/mol. The highest BCUT2D eigenvalue weighted by Gasteiger charge is 2.30. The molecule has 1 atom stereocenters. The molecule has 0 saturated heterocycles. The van der Waals surface area contributed by atoms with Gasteiger partial charge in [0.05, 0.1) is 7.11 Å². The maximum absolute atomic E-state index is 13.4. The fourth-order valence-electron chi connectivity index (χ4n) is 4.68. The van der Waals surface area contributed by atoms with Gasteiger partial charge in [0.15, 0.2) is 6.61 Å². The Morgan fingerprint density at radius 3 is 2.38 bits per heavy atom. The Bertz CT molecular complexity index is 948. The molecule has 0 aliphatic heterocycles. The van der Waals surface area contributed by atoms with Crippen molar-refractivity contribution in [1.82, 2.24) is 10.2 Å². The minimum atomic E-state index is -0.566. The molecule has 0 unspecified atom stereocenters. The first kappa shape index (κ1) is 25.6. The van der Waals surface area contributed by atoms with Crippen LogP contribution in [0.2, 0.25) is 0 Å². The number of hydrogen-bond acceptors (Lipinski definition) is 4. The lowest BCUT2D eigenvalue weighted by atomic mass is 9.95. The Kier molecular flexibility index (Phi) is 9.37. The van der Waals surface area contributed by atoms with E-state index in [2.05, 4.69) is 11.4 Å². The van der Waals surface area contributed by atoms with Crippen molar-refractivity contribution in [3.05, 3.63) is 59.2 Å². The van der Waals surface area contributed by atoms with Gasteiger partial charge in [-0.2, -0.15) is 0 Å². The zero-order valence-electron chi connectivity index (χ0n) is 20.9. The van der Waals surface area contributed by atoms with Crippen LogP contribution in [-0.2, 0) is 16.1 Å². The molecule has 1 aliphatic carbocycles. The molecule has 2 aromatic rings. The summed E-state index contributed by atoms with van der Waals surface area (Å²) in [5, 5.41) is 3.20. The smallest absolute Gasteiger partial charge is 0.261 e. The van der Waals surface area contributed by atoms with E-state index >= 15 is 0 Å². The van der Waals surface area contributed by atoms with Crippen LogP contribution in [0, 0.1) is 13.8 Å². The van der Waals surface area contributed by atoms with Gasteiger partial charge in [0, 0.05) is 12.6 Å². The van der Waals surface area contributed by atoms with Gasteiger partial charge in [-0.15, -0.1) is 0 Å². The quantitative estimate of drug-likeness (QED) is 0.538. The highest BCUT2D eigenvalue weighted by atomic mass is 16.5. The maximum Gasteiger partial charge on any atom is 0.261 e. The molecule has 0 aromatic heterocycles. The van der Waals surface area contributed by atoms with Crippen LogP contribution >= 0.6 is 0 Å². The number of ether oxygens (including phenoxy) is 2. The van der Waals surface area contributed by atoms with Crippen LogP contribution in [-0.4, -0.2) is 42.5 Å². The summed E-state index contributed by atoms with van der Waals surface area (Å²) >= 11 is 0. The van der Waals surface area contributed by atoms with Gasteiger partial charge in [0.2, 0.25) is 5.91 Å². The Morgan fingerprint density at radius 1 is 1.03 bits per heavy atom. The standard InChI is InChI=1S/C28H38N2O4/c1-5-26(28(32)29-23-11-7-6-8-12-23)30(18-22-10-9-13-24(17-22)33-4)27(31)19-34-25-15-20(2)14-21(3)16-25/h9-10,13-17,23,26H,5-8,11-12,18-19H2,1-4H3,(H,29,32)/t26-/m1/s1. The summed E-state index contributed by atoms with van der Waals surface area (Å²) in [6, 6.07) is 13.1. The van der Waals surface area contributed by atoms with Crippen molar-refractivity contribution in [2.45, 2.75) is 77.9 Å². The van der Waals surface area contributed by atoms with E-state index in [1.54, 1.807) is 12.0 Å². The van der Waals surface area contributed by atoms with Gasteiger partial charge in [-0.3, -0.25) is 9.59 Å². The Balaban J connectivity index is 1.78. The first-order valence-corrected chi connectivity index (χ1v) is 12.3. The van der Waals surface area contributed by atoms with E-state index < -0.39 is 6.04 Å². The molecule has 0 bridgehead atoms. The number of nitrogens with one attached hydrogen (secondary N) is 1. The molecule has 34 heavy (non-hydrogen) atoms. The number of nitrogens with zero attached hydrogens (tertiary/aromatic N) is 1. The van der Waals surface area contributed by atoms with E-state index in [-0.39, 0.29) is 24.5 Å². The van der Waals surface area contributed by atoms with Gasteiger partial charge in [-0.05, 0) is 74.1 Å². The molecular formula is C28H38N2O4. The molecular weight excluding hydrogens is 428 g/mol. The highest BCUT2D eigenvalue weighted by Crippen LogP contribution is 2.21. The summed E-state index contributed by atoms with van der Waals surface area (Å²) in [6.45, 7) is 6.13. The number of aryl methyl sites for hydroxylation is 2. The molecule has 2 amide bonds. The van der Waals surface area contributed by atoms with Crippen molar-refractivity contribution < 1.29 is 19.1 Å². The molecule has 6 heteroatoms. The van der Waals surface area contributed by atoms with E-state index in [0.717, 1.165) is 48.1 Å². The predicted octanol–water partition coefficient (Wildman–Crippen LogP) is 4.95. The molecule has 0 heterocycles. The van der Waals surface area contributed by atoms with E-state index in [1.807, 2.05) is 57.2 Å². The molecule has 2 aromatic carbocycles. The Morgan fingerprint density at radius 2 is 1.74 bits per heavy atom. The number of hydrogen-bond donors (Lipinski definition) is 1. The van der Waals surface area contributed by atoms with Gasteiger partial charge in [-0.1, -0.05) is 44.4 Å². The molecule has 1 aliphatic rings. The van der Waals surface area contributed by atoms with Gasteiger partial charge in [-0.25, -0.2) is 0 Å². The van der Waals surface area contributed by atoms with Crippen molar-refractivity contribution in [2.75, 3.05) is 13.7 Å². The number of rotatable bonds is 10. The highest BCUT2D eigenvalue weighted by molar-refractivity contribution is 5.88. The van der Waals surface area contributed by atoms with Gasteiger partial charge < -0.3 is 19.7 Å². The summed E-state index contributed by atoms with van der Waals surface area (Å²) in [4.78, 5) is 28.4. The van der Waals surface area contributed by atoms with Gasteiger partial charge in [0.1, 0.15) is 17.5 Å². The SMILES string of the molecule is CC[C@H](C(=O)NC1CCCCC1)N(Cc1cccc(OC)c1)C(=O)COc1cc(C)cc(C)c1. The fourth-order valence-corrected chi connectivity index (χ4v) is 4.68. The second kappa shape index (κ2) is 12.4. The number of carbonyl (C=O) groups is 2. The molecule has 0 spiro atoms. The van der Waals surface area contributed by atoms with Gasteiger partial charge >= 0.3 is 0 Å². The lowest BCUT2D eigenvalue weighted by Crippen LogP contribution is -2.52. The number of amides is 2. The second-order valence-corrected chi connectivity index (χ2v) is 9.25. The van der Waals surface area contributed by atoms with Crippen LogP contribution in [0.5, 0.6) is 11.5 Å². The molecule has 1 N–H and O–H groups in total. The normalized spacial score (nSPS) is 14.8. The summed E-state index contributed by atoms with van der Waals surface area (Å²) in [7, 11) is 1.62. The molecule has 0 radical (unpaired) electrons. The van der Waals surface area contributed by atoms with Crippen molar-refractivity contribution in [3.8, 4) is 11.5 Å². The van der Waals surface area contributed by atoms with Crippen molar-refractivity contribution in [3.63, 3.8) is 0 Å². The zero-order valence-corrected chi connectivity index (χ0v) is 20.9. The molecule has 1 fully saturated rings. The third kappa shape index (κ3) is 7.24. The minimum absolute atomic E-state index is 0.0861. The maximum atomic E-state index is 13.4. The van der Waals surface area contributed by atoms with E-state index in [1.165, 1.54) is 6.42 Å². The summed E-state index contributed by atoms with van der Waals surface area (Å²) in [6.07, 6.45) is 6.02. The van der Waals surface area contributed by atoms with Crippen LogP contribution in [0.15, 0.2) is 42.5 Å². The van der Waals surface area contributed by atoms with Crippen molar-refractivity contribution in [1.29, 1.82) is 0 Å². The van der Waals surface area contributed by atoms with Crippen LogP contribution in [0.3, 0.4) is 0 Å². The third-order valence-electron chi connectivity index (χ3n) is 6.38. The zero-order chi connectivity index (χ0) is 24.5. The van der Waals surface area contributed by atoms with Crippen molar-refractivity contribution in [2.24, 2.45) is 0 Å². The summed E-state index contributed by atoms with van der Waals surface area (Å²) < 4.78 is 11.2. The lowest BCUT2D eigenvalue weighted by Gasteiger charge is -2.32. The lowest BCUT2D eigenvalue weighted by molar-refractivity contribution is -0.143. The number of carbonyl (C=O) groups excluding carboxylic acids is 2. The second-order valence-electron chi connectivity index (χ2n) is 9.25. The Hall–Kier alpha value is -3.02. The largest absolute Gasteiger partial charge is 0.497 e. The summed E-state index contributed by atoms with van der Waals surface area (Å²) in [5.41, 5.74) is 3.06. The van der Waals surface area contributed by atoms with Crippen molar-refractivity contribution >= 4 is 11.8 Å². The average molecular weight is 467 g/mol. The van der Waals surface area contributed by atoms with Crippen LogP contribution in [0.1, 0.15) is 62.1 Å². The molecule has 184 valence electrons. The van der Waals surface area contributed by atoms with Gasteiger partial charge in [0.25, 0.3) is 5.91 Å². The Labute approximate surface area is 203 Å². The average Bonchev–Trinajstić information content (AvgIpc) is 2.82. The third-order valence-corrected chi connectivity index (χ3v) is 6.38. The molecule has 6 nitrogen and oxygen atoms in total. The topological polar surface area (TPSA) is 67.9 Å². The summed E-state index contributed by atoms with van der Waals surface area (Å²) in [5.74, 6) is 1.08. The fraction of sp³-hybridized carbons (Fsp3) is 0.500. The van der Waals surface area contributed by atoms with Crippen LogP contribution in [0.25, 0.3) is 0 Å². The van der Waals surface area contributed by atoms with E-state index in [9.17, 15) is 9.59 Å². The van der Waals surface area contributed by atoms with E-state index in [0.29, 0.717) is 18.7 Å². The predicted molar refractivity (Wildman–Crippen MR) is 134 cm³/mol. The molecule has 1 saturated carbocycles. The van der Waals surface area contributed by atoms with E-state index in [4.69, 9.17) is 9.47 Å². The molecule has 3 rings (SSSR count). The number of methoxy groups -OCH3 is 1. The number of benzene rings is 2. The van der Waals surface area contributed by atoms with Crippen LogP contribution < -0.4 is 14.8 Å².